The Morgan fingerprint density at radius 1 is 1.33 bits per heavy atom. The number of ether oxygens (including phenoxy) is 2. The molecule has 0 aliphatic carbocycles. The molecule has 1 saturated heterocycles. The van der Waals surface area contributed by atoms with Crippen LogP contribution in [0, 0.1) is 0 Å². The maximum Gasteiger partial charge on any atom is 0.291 e. The van der Waals surface area contributed by atoms with Crippen LogP contribution < -0.4 is 0 Å². The van der Waals surface area contributed by atoms with Crippen molar-refractivity contribution in [2.45, 2.75) is 19.1 Å². The van der Waals surface area contributed by atoms with Gasteiger partial charge in [0.05, 0.1) is 13.2 Å². The summed E-state index contributed by atoms with van der Waals surface area (Å²) in [4.78, 5) is 0. The topological polar surface area (TPSA) is 18.5 Å². The van der Waals surface area contributed by atoms with Gasteiger partial charge in [-0.05, 0) is 6.92 Å². The van der Waals surface area contributed by atoms with Crippen LogP contribution in [0.1, 0.15) is 6.92 Å². The fraction of sp³-hybridized carbons (Fsp3) is 1.00. The van der Waals surface area contributed by atoms with Crippen molar-refractivity contribution in [2.24, 2.45) is 0 Å². The van der Waals surface area contributed by atoms with E-state index in [4.69, 9.17) is 0 Å². The maximum atomic E-state index is 11.9. The summed E-state index contributed by atoms with van der Waals surface area (Å²) >= 11 is 0. The van der Waals surface area contributed by atoms with Crippen LogP contribution in [-0.2, 0) is 9.47 Å². The van der Waals surface area contributed by atoms with Crippen molar-refractivity contribution in [3.8, 4) is 0 Å². The molecule has 1 fully saturated rings. The normalized spacial score (nSPS) is 25.3. The van der Waals surface area contributed by atoms with Crippen LogP contribution in [0.15, 0.2) is 0 Å². The molecule has 54 valence electrons. The van der Waals surface area contributed by atoms with Gasteiger partial charge in [0.1, 0.15) is 0 Å². The van der Waals surface area contributed by atoms with Crippen LogP contribution in [0.4, 0.5) is 8.78 Å². The van der Waals surface area contributed by atoms with E-state index >= 15 is 0 Å². The van der Waals surface area contributed by atoms with Gasteiger partial charge in [-0.25, -0.2) is 8.78 Å². The van der Waals surface area contributed by atoms with Crippen LogP contribution >= 0.6 is 0 Å². The number of rotatable bonds is 1. The van der Waals surface area contributed by atoms with E-state index in [0.717, 1.165) is 0 Å². The molecule has 2 nitrogen and oxygen atoms in total. The highest BCUT2D eigenvalue weighted by atomic mass is 19.3. The molecular formula is C5H8F2O2. The first-order valence-corrected chi connectivity index (χ1v) is 2.71. The maximum absolute atomic E-state index is 11.9. The molecule has 0 amide bonds. The fourth-order valence-electron chi connectivity index (χ4n) is 0.656. The van der Waals surface area contributed by atoms with Crippen molar-refractivity contribution in [3.63, 3.8) is 0 Å². The average Bonchev–Trinajstić information content (AvgIpc) is 2.16. The molecule has 0 spiro atoms. The van der Waals surface area contributed by atoms with Gasteiger partial charge >= 0.3 is 0 Å². The molecular weight excluding hydrogens is 130 g/mol. The zero-order valence-electron chi connectivity index (χ0n) is 5.06. The molecule has 1 heterocycles. The lowest BCUT2D eigenvalue weighted by molar-refractivity contribution is -0.221. The minimum atomic E-state index is -2.56. The quantitative estimate of drug-likeness (QED) is 0.538. The average molecular weight is 138 g/mol. The van der Waals surface area contributed by atoms with E-state index in [1.807, 2.05) is 0 Å². The number of hydrogen-bond donors (Lipinski definition) is 0. The molecule has 0 N–H and O–H groups in total. The van der Waals surface area contributed by atoms with E-state index in [9.17, 15) is 8.78 Å². The lowest BCUT2D eigenvalue weighted by Gasteiger charge is -2.19. The van der Waals surface area contributed by atoms with E-state index in [-0.39, 0.29) is 13.2 Å². The minimum absolute atomic E-state index is 0.265. The predicted octanol–water partition coefficient (Wildman–Crippen LogP) is 1.01. The van der Waals surface area contributed by atoms with Gasteiger partial charge in [0.25, 0.3) is 6.43 Å². The van der Waals surface area contributed by atoms with Crippen molar-refractivity contribution in [2.75, 3.05) is 13.2 Å². The highest BCUT2D eigenvalue weighted by Crippen LogP contribution is 2.25. The van der Waals surface area contributed by atoms with E-state index in [2.05, 4.69) is 9.47 Å². The second-order valence-corrected chi connectivity index (χ2v) is 2.01. The first kappa shape index (κ1) is 6.89. The summed E-state index contributed by atoms with van der Waals surface area (Å²) in [5.41, 5.74) is 0. The molecule has 0 aromatic carbocycles. The summed E-state index contributed by atoms with van der Waals surface area (Å²) in [7, 11) is 0. The number of halogens is 2. The Labute approximate surface area is 51.8 Å². The van der Waals surface area contributed by atoms with E-state index < -0.39 is 12.2 Å². The largest absolute Gasteiger partial charge is 0.343 e. The van der Waals surface area contributed by atoms with E-state index in [1.54, 1.807) is 0 Å². The molecule has 0 bridgehead atoms. The highest BCUT2D eigenvalue weighted by Gasteiger charge is 2.40. The van der Waals surface area contributed by atoms with Gasteiger partial charge in [0, 0.05) is 0 Å². The lowest BCUT2D eigenvalue weighted by Crippen LogP contribution is -2.34. The first-order valence-electron chi connectivity index (χ1n) is 2.71. The molecule has 0 aromatic heterocycles. The zero-order valence-corrected chi connectivity index (χ0v) is 5.06. The summed E-state index contributed by atoms with van der Waals surface area (Å²) < 4.78 is 33.0. The molecule has 4 heteroatoms. The first-order chi connectivity index (χ1) is 4.15. The van der Waals surface area contributed by atoms with Gasteiger partial charge in [-0.15, -0.1) is 0 Å². The second-order valence-electron chi connectivity index (χ2n) is 2.01. The SMILES string of the molecule is CC1(C(F)F)OCCO1. The van der Waals surface area contributed by atoms with Gasteiger partial charge in [-0.2, -0.15) is 0 Å². The van der Waals surface area contributed by atoms with Crippen molar-refractivity contribution in [3.05, 3.63) is 0 Å². The molecule has 1 aliphatic heterocycles. The zero-order chi connectivity index (χ0) is 6.91. The molecule has 0 unspecified atom stereocenters. The standard InChI is InChI=1S/C5H8F2O2/c1-5(4(6)7)8-2-3-9-5/h4H,2-3H2,1H3. The van der Waals surface area contributed by atoms with E-state index in [1.165, 1.54) is 6.92 Å². The Bertz CT molecular complexity index is 99.1. The molecule has 0 atom stereocenters. The number of alkyl halides is 2. The van der Waals surface area contributed by atoms with Gasteiger partial charge in [-0.1, -0.05) is 0 Å². The minimum Gasteiger partial charge on any atom is -0.343 e. The van der Waals surface area contributed by atoms with Gasteiger partial charge in [0.15, 0.2) is 0 Å². The molecule has 9 heavy (non-hydrogen) atoms. The van der Waals surface area contributed by atoms with Crippen LogP contribution in [0.2, 0.25) is 0 Å². The smallest absolute Gasteiger partial charge is 0.291 e. The molecule has 0 saturated carbocycles. The fourth-order valence-corrected chi connectivity index (χ4v) is 0.656. The van der Waals surface area contributed by atoms with Crippen molar-refractivity contribution >= 4 is 0 Å². The van der Waals surface area contributed by atoms with E-state index in [0.29, 0.717) is 0 Å². The van der Waals surface area contributed by atoms with Gasteiger partial charge in [-0.3, -0.25) is 0 Å². The summed E-state index contributed by atoms with van der Waals surface area (Å²) in [5, 5.41) is 0. The van der Waals surface area contributed by atoms with Gasteiger partial charge < -0.3 is 9.47 Å². The third-order valence-corrected chi connectivity index (χ3v) is 1.26. The highest BCUT2D eigenvalue weighted by molar-refractivity contribution is 4.69. The van der Waals surface area contributed by atoms with Crippen LogP contribution in [0.3, 0.4) is 0 Å². The van der Waals surface area contributed by atoms with Crippen molar-refractivity contribution in [1.29, 1.82) is 0 Å². The van der Waals surface area contributed by atoms with Crippen molar-refractivity contribution < 1.29 is 18.3 Å². The summed E-state index contributed by atoms with van der Waals surface area (Å²) in [6.45, 7) is 1.77. The summed E-state index contributed by atoms with van der Waals surface area (Å²) in [6.07, 6.45) is -2.56. The Hall–Kier alpha value is -0.220. The summed E-state index contributed by atoms with van der Waals surface area (Å²) in [5.74, 6) is -1.64. The molecule has 1 rings (SSSR count). The number of hydrogen-bond acceptors (Lipinski definition) is 2. The summed E-state index contributed by atoms with van der Waals surface area (Å²) in [6, 6.07) is 0. The van der Waals surface area contributed by atoms with Crippen LogP contribution in [0.5, 0.6) is 0 Å². The van der Waals surface area contributed by atoms with Crippen LogP contribution in [0.25, 0.3) is 0 Å². The Morgan fingerprint density at radius 3 is 2.00 bits per heavy atom. The molecule has 0 radical (unpaired) electrons. The van der Waals surface area contributed by atoms with Gasteiger partial charge in [0.2, 0.25) is 5.79 Å². The third-order valence-electron chi connectivity index (χ3n) is 1.26. The molecule has 0 aromatic rings. The molecule has 1 aliphatic rings. The Morgan fingerprint density at radius 2 is 1.78 bits per heavy atom. The monoisotopic (exact) mass is 138 g/mol. The Kier molecular flexibility index (Phi) is 1.68. The second kappa shape index (κ2) is 2.19. The van der Waals surface area contributed by atoms with Crippen LogP contribution in [-0.4, -0.2) is 25.4 Å². The Balaban J connectivity index is 2.51. The predicted molar refractivity (Wildman–Crippen MR) is 26.3 cm³/mol. The van der Waals surface area contributed by atoms with Crippen molar-refractivity contribution in [1.82, 2.24) is 0 Å². The lowest BCUT2D eigenvalue weighted by atomic mass is 10.3. The third kappa shape index (κ3) is 1.19.